The fraction of sp³-hybridized carbons (Fsp3) is 0.167. The van der Waals surface area contributed by atoms with Crippen LogP contribution < -0.4 is 0 Å². The molecule has 0 amide bonds. The Morgan fingerprint density at radius 1 is 0.490 bits per heavy atom. The molecule has 1 heterocycles. The average Bonchev–Trinajstić information content (AvgIpc) is 3.70. The Labute approximate surface area is 291 Å². The lowest BCUT2D eigenvalue weighted by atomic mass is 9.76. The summed E-state index contributed by atoms with van der Waals surface area (Å²) in [6, 6.07) is 44.3. The third kappa shape index (κ3) is 3.59. The number of allylic oxidation sites excluding steroid dienone is 4. The lowest BCUT2D eigenvalue weighted by Crippen LogP contribution is -2.17. The molecule has 0 N–H and O–H groups in total. The van der Waals surface area contributed by atoms with E-state index in [1.807, 2.05) is 11.3 Å². The van der Waals surface area contributed by atoms with E-state index >= 15 is 0 Å². The van der Waals surface area contributed by atoms with Crippen molar-refractivity contribution in [1.82, 2.24) is 0 Å². The van der Waals surface area contributed by atoms with E-state index in [1.54, 1.807) is 5.57 Å². The fourth-order valence-electron chi connectivity index (χ4n) is 9.98. The average molecular weight is 645 g/mol. The molecule has 11 rings (SSSR count). The van der Waals surface area contributed by atoms with Crippen molar-refractivity contribution in [2.24, 2.45) is 0 Å². The number of rotatable bonds is 2. The zero-order chi connectivity index (χ0) is 32.8. The molecular weight excluding hydrogens is 609 g/mol. The van der Waals surface area contributed by atoms with Crippen LogP contribution >= 0.6 is 11.3 Å². The molecule has 0 bridgehead atoms. The van der Waals surface area contributed by atoms with Crippen LogP contribution in [0.2, 0.25) is 0 Å². The minimum atomic E-state index is 0.0133. The minimum absolute atomic E-state index is 0.0133. The van der Waals surface area contributed by atoms with Gasteiger partial charge in [-0.25, -0.2) is 0 Å². The minimum Gasteiger partial charge on any atom is -0.135 e. The summed E-state index contributed by atoms with van der Waals surface area (Å²) in [4.78, 5) is 0. The van der Waals surface area contributed by atoms with Crippen LogP contribution in [0.25, 0.3) is 69.2 Å². The van der Waals surface area contributed by atoms with Gasteiger partial charge in [0, 0.05) is 36.9 Å². The molecule has 0 nitrogen and oxygen atoms in total. The van der Waals surface area contributed by atoms with Gasteiger partial charge >= 0.3 is 0 Å². The van der Waals surface area contributed by atoms with Gasteiger partial charge in [-0.15, -0.1) is 11.3 Å². The first-order valence-electron chi connectivity index (χ1n) is 17.7. The topological polar surface area (TPSA) is 0 Å². The number of hydrogen-bond acceptors (Lipinski definition) is 1. The van der Waals surface area contributed by atoms with E-state index in [4.69, 9.17) is 0 Å². The summed E-state index contributed by atoms with van der Waals surface area (Å²) in [5.41, 5.74) is 12.9. The maximum atomic E-state index is 2.51. The summed E-state index contributed by atoms with van der Waals surface area (Å²) in [7, 11) is 0. The van der Waals surface area contributed by atoms with E-state index in [-0.39, 0.29) is 10.8 Å². The summed E-state index contributed by atoms with van der Waals surface area (Å²) in [5.74, 6) is 0.386. The van der Waals surface area contributed by atoms with E-state index in [9.17, 15) is 0 Å². The van der Waals surface area contributed by atoms with Crippen molar-refractivity contribution >= 4 is 69.4 Å². The maximum Gasteiger partial charge on any atom is 0.0355 e. The van der Waals surface area contributed by atoms with Crippen molar-refractivity contribution in [1.29, 1.82) is 0 Å². The molecule has 234 valence electrons. The highest BCUT2D eigenvalue weighted by Crippen LogP contribution is 2.56. The van der Waals surface area contributed by atoms with Gasteiger partial charge in [0.25, 0.3) is 0 Å². The van der Waals surface area contributed by atoms with Crippen LogP contribution in [0.1, 0.15) is 67.9 Å². The highest BCUT2D eigenvalue weighted by molar-refractivity contribution is 7.25. The molecule has 0 saturated carbocycles. The van der Waals surface area contributed by atoms with Crippen molar-refractivity contribution in [3.63, 3.8) is 0 Å². The molecule has 49 heavy (non-hydrogen) atoms. The van der Waals surface area contributed by atoms with Crippen LogP contribution in [0.5, 0.6) is 0 Å². The zero-order valence-electron chi connectivity index (χ0n) is 28.3. The Kier molecular flexibility index (Phi) is 5.34. The molecule has 0 saturated heterocycles. The van der Waals surface area contributed by atoms with Crippen molar-refractivity contribution in [3.05, 3.63) is 161 Å². The van der Waals surface area contributed by atoms with E-state index in [0.717, 1.165) is 6.42 Å². The normalized spacial score (nSPS) is 18.5. The molecule has 0 spiro atoms. The van der Waals surface area contributed by atoms with Crippen LogP contribution in [-0.2, 0) is 10.8 Å². The molecule has 8 aromatic rings. The molecule has 3 aliphatic rings. The number of thiophene rings is 1. The molecule has 1 heteroatoms. The second-order valence-corrected chi connectivity index (χ2v) is 16.7. The maximum absolute atomic E-state index is 2.51. The summed E-state index contributed by atoms with van der Waals surface area (Å²) < 4.78 is 2.72. The van der Waals surface area contributed by atoms with Gasteiger partial charge in [-0.2, -0.15) is 0 Å². The molecule has 1 atom stereocenters. The number of hydrogen-bond donors (Lipinski definition) is 0. The van der Waals surface area contributed by atoms with E-state index < -0.39 is 0 Å². The van der Waals surface area contributed by atoms with Crippen molar-refractivity contribution in [3.8, 4) is 11.1 Å². The van der Waals surface area contributed by atoms with Gasteiger partial charge < -0.3 is 0 Å². The van der Waals surface area contributed by atoms with Gasteiger partial charge in [-0.05, 0) is 108 Å². The Morgan fingerprint density at radius 2 is 1.14 bits per heavy atom. The van der Waals surface area contributed by atoms with E-state index in [1.165, 1.54) is 97.0 Å². The monoisotopic (exact) mass is 644 g/mol. The molecule has 1 aromatic heterocycles. The van der Waals surface area contributed by atoms with Crippen LogP contribution in [0.3, 0.4) is 0 Å². The second kappa shape index (κ2) is 9.37. The van der Waals surface area contributed by atoms with Crippen molar-refractivity contribution in [2.75, 3.05) is 0 Å². The predicted octanol–water partition coefficient (Wildman–Crippen LogP) is 13.6. The van der Waals surface area contributed by atoms with Gasteiger partial charge in [-0.3, -0.25) is 0 Å². The molecule has 0 fully saturated rings. The predicted molar refractivity (Wildman–Crippen MR) is 212 cm³/mol. The van der Waals surface area contributed by atoms with Crippen molar-refractivity contribution in [2.45, 2.75) is 50.9 Å². The highest BCUT2D eigenvalue weighted by Gasteiger charge is 2.43. The first kappa shape index (κ1) is 27.9. The van der Waals surface area contributed by atoms with Crippen LogP contribution in [0.15, 0.2) is 133 Å². The van der Waals surface area contributed by atoms with Crippen molar-refractivity contribution < 1.29 is 0 Å². The Balaban J connectivity index is 1.03. The summed E-state index contributed by atoms with van der Waals surface area (Å²) in [6.45, 7) is 9.61. The van der Waals surface area contributed by atoms with Crippen LogP contribution in [0, 0.1) is 0 Å². The standard InChI is InChI=1S/C48H36S/c1-47(2)39-20-16-28(27-15-19-31-33-10-7-12-41-45(33)46-34(35(31)23-27)11-8-13-42(46)48(41,3)4)24-36(39)37-25-29(17-21-40(37)47)30-18-22-44-38(26-30)32-9-5-6-14-43(32)49-44/h5-23,25-26,36H,24H2,1-4H3. The number of fused-ring (bicyclic) bond motifs is 9. The van der Waals surface area contributed by atoms with Crippen LogP contribution in [-0.4, -0.2) is 0 Å². The zero-order valence-corrected chi connectivity index (χ0v) is 29.1. The third-order valence-electron chi connectivity index (χ3n) is 12.5. The van der Waals surface area contributed by atoms with E-state index in [0.29, 0.717) is 5.92 Å². The van der Waals surface area contributed by atoms with Gasteiger partial charge in [-0.1, -0.05) is 136 Å². The van der Waals surface area contributed by atoms with E-state index in [2.05, 4.69) is 155 Å². The smallest absolute Gasteiger partial charge is 0.0355 e. The lowest BCUT2D eigenvalue weighted by Gasteiger charge is -2.27. The Hall–Kier alpha value is -4.98. The van der Waals surface area contributed by atoms with Gasteiger partial charge in [0.15, 0.2) is 0 Å². The van der Waals surface area contributed by atoms with Crippen LogP contribution in [0.4, 0.5) is 0 Å². The SMILES string of the molecule is CC1(C)C2=CC=C(c3ccc4c(c3)c3cccc5c3c3c(cccc43)C5(C)C)CC2c2cc(-c3ccc4sc5ccccc5c4c3)ccc21. The number of benzene rings is 7. The largest absolute Gasteiger partial charge is 0.135 e. The summed E-state index contributed by atoms with van der Waals surface area (Å²) in [6.07, 6.45) is 5.90. The molecule has 0 radical (unpaired) electrons. The molecule has 0 aliphatic heterocycles. The molecule has 1 unspecified atom stereocenters. The summed E-state index contributed by atoms with van der Waals surface area (Å²) in [5, 5.41) is 11.1. The quantitative estimate of drug-likeness (QED) is 0.164. The fourth-order valence-corrected chi connectivity index (χ4v) is 11.1. The van der Waals surface area contributed by atoms with Gasteiger partial charge in [0.1, 0.15) is 0 Å². The Morgan fingerprint density at radius 3 is 1.96 bits per heavy atom. The third-order valence-corrected chi connectivity index (χ3v) is 13.6. The Bertz CT molecular complexity index is 2850. The lowest BCUT2D eigenvalue weighted by molar-refractivity contribution is 0.615. The second-order valence-electron chi connectivity index (χ2n) is 15.6. The first-order chi connectivity index (χ1) is 23.8. The summed E-state index contributed by atoms with van der Waals surface area (Å²) >= 11 is 1.89. The highest BCUT2D eigenvalue weighted by atomic mass is 32.1. The van der Waals surface area contributed by atoms with Gasteiger partial charge in [0.05, 0.1) is 0 Å². The first-order valence-corrected chi connectivity index (χ1v) is 18.5. The molecule has 3 aliphatic carbocycles. The molecule has 7 aromatic carbocycles. The van der Waals surface area contributed by atoms with Gasteiger partial charge in [0.2, 0.25) is 0 Å². The molecular formula is C48H36S.